The van der Waals surface area contributed by atoms with Crippen molar-refractivity contribution in [3.8, 4) is 27.6 Å². The predicted octanol–water partition coefficient (Wildman–Crippen LogP) is 4.36. The fourth-order valence-corrected chi connectivity index (χ4v) is 6.31. The molecule has 6 rings (SSSR count). The minimum Gasteiger partial charge on any atom is -0.495 e. The van der Waals surface area contributed by atoms with Crippen molar-refractivity contribution in [1.82, 2.24) is 24.0 Å². The van der Waals surface area contributed by atoms with Gasteiger partial charge in [-0.2, -0.15) is 0 Å². The molecule has 1 aliphatic heterocycles. The van der Waals surface area contributed by atoms with Crippen molar-refractivity contribution in [2.45, 2.75) is 39.8 Å². The van der Waals surface area contributed by atoms with Gasteiger partial charge in [-0.05, 0) is 69.1 Å². The lowest BCUT2D eigenvalue weighted by Gasteiger charge is -2.28. The highest BCUT2D eigenvalue weighted by Crippen LogP contribution is 2.39. The highest BCUT2D eigenvalue weighted by molar-refractivity contribution is 7.22. The SMILES string of the molecule is COc1cc(-c2sc3c(c2C)c(=O)n(-c2ccc(C)cc2)c(=O)n3CC2CCN2)ccc1-n1cnc(C)c1. The molecule has 1 atom stereocenters. The molecule has 0 saturated carbocycles. The molecule has 1 saturated heterocycles. The topological polar surface area (TPSA) is 83.1 Å². The molecule has 8 nitrogen and oxygen atoms in total. The maximum Gasteiger partial charge on any atom is 0.336 e. The molecule has 4 heterocycles. The number of fused-ring (bicyclic) bond motifs is 1. The zero-order chi connectivity index (χ0) is 26.6. The number of aryl methyl sites for hydroxylation is 3. The molecule has 1 fully saturated rings. The Balaban J connectivity index is 1.57. The fourth-order valence-electron chi connectivity index (χ4n) is 5.01. The van der Waals surface area contributed by atoms with Gasteiger partial charge in [-0.3, -0.25) is 9.36 Å². The van der Waals surface area contributed by atoms with Crippen molar-refractivity contribution in [2.24, 2.45) is 0 Å². The van der Waals surface area contributed by atoms with Gasteiger partial charge in [0.15, 0.2) is 0 Å². The summed E-state index contributed by atoms with van der Waals surface area (Å²) in [7, 11) is 1.65. The summed E-state index contributed by atoms with van der Waals surface area (Å²) in [6.45, 7) is 7.35. The van der Waals surface area contributed by atoms with Crippen molar-refractivity contribution in [3.63, 3.8) is 0 Å². The maximum atomic E-state index is 13.9. The summed E-state index contributed by atoms with van der Waals surface area (Å²) in [6, 6.07) is 13.7. The number of nitrogens with one attached hydrogen (secondary N) is 1. The van der Waals surface area contributed by atoms with E-state index in [0.717, 1.165) is 45.9 Å². The smallest absolute Gasteiger partial charge is 0.336 e. The monoisotopic (exact) mass is 527 g/mol. The van der Waals surface area contributed by atoms with Crippen LogP contribution in [0.5, 0.6) is 5.75 Å². The van der Waals surface area contributed by atoms with Crippen molar-refractivity contribution >= 4 is 21.6 Å². The third-order valence-electron chi connectivity index (χ3n) is 7.27. The van der Waals surface area contributed by atoms with Crippen molar-refractivity contribution in [1.29, 1.82) is 0 Å². The van der Waals surface area contributed by atoms with E-state index in [2.05, 4.69) is 10.3 Å². The highest BCUT2D eigenvalue weighted by atomic mass is 32.1. The Kier molecular flexibility index (Phi) is 6.04. The lowest BCUT2D eigenvalue weighted by molar-refractivity contribution is 0.329. The zero-order valence-electron chi connectivity index (χ0n) is 21.8. The van der Waals surface area contributed by atoms with Crippen LogP contribution in [0, 0.1) is 20.8 Å². The first-order valence-electron chi connectivity index (χ1n) is 12.6. The van der Waals surface area contributed by atoms with Crippen LogP contribution in [0.2, 0.25) is 0 Å². The molecular formula is C29H29N5O3S. The van der Waals surface area contributed by atoms with Gasteiger partial charge in [-0.25, -0.2) is 14.3 Å². The Bertz CT molecular complexity index is 1790. The zero-order valence-corrected chi connectivity index (χ0v) is 22.6. The molecule has 0 radical (unpaired) electrons. The van der Waals surface area contributed by atoms with Crippen LogP contribution < -0.4 is 21.3 Å². The highest BCUT2D eigenvalue weighted by Gasteiger charge is 2.25. The number of nitrogens with zero attached hydrogens (tertiary/aromatic N) is 4. The van der Waals surface area contributed by atoms with E-state index < -0.39 is 0 Å². The third-order valence-corrected chi connectivity index (χ3v) is 8.63. The van der Waals surface area contributed by atoms with E-state index in [0.29, 0.717) is 28.2 Å². The van der Waals surface area contributed by atoms with Gasteiger partial charge in [0.1, 0.15) is 10.6 Å². The number of rotatable bonds is 6. The number of methoxy groups -OCH3 is 1. The van der Waals surface area contributed by atoms with Crippen LogP contribution in [0.25, 0.3) is 32.0 Å². The minimum absolute atomic E-state index is 0.212. The minimum atomic E-state index is -0.309. The molecular weight excluding hydrogens is 498 g/mol. The van der Waals surface area contributed by atoms with E-state index in [4.69, 9.17) is 4.74 Å². The van der Waals surface area contributed by atoms with Crippen molar-refractivity contribution in [3.05, 3.63) is 92.6 Å². The Morgan fingerprint density at radius 2 is 1.87 bits per heavy atom. The molecule has 0 amide bonds. The summed E-state index contributed by atoms with van der Waals surface area (Å²) in [5.41, 5.74) is 4.64. The van der Waals surface area contributed by atoms with Crippen LogP contribution in [0.1, 0.15) is 23.2 Å². The largest absolute Gasteiger partial charge is 0.495 e. The molecule has 194 valence electrons. The Morgan fingerprint density at radius 3 is 2.50 bits per heavy atom. The molecule has 3 aromatic heterocycles. The number of ether oxygens (including phenoxy) is 1. The average Bonchev–Trinajstić information content (AvgIpc) is 3.47. The summed E-state index contributed by atoms with van der Waals surface area (Å²) in [6.07, 6.45) is 4.71. The molecule has 0 bridgehead atoms. The number of imidazole rings is 1. The summed E-state index contributed by atoms with van der Waals surface area (Å²) in [5, 5.41) is 3.97. The lowest BCUT2D eigenvalue weighted by Crippen LogP contribution is -2.49. The van der Waals surface area contributed by atoms with Crippen LogP contribution in [0.4, 0.5) is 0 Å². The predicted molar refractivity (Wildman–Crippen MR) is 151 cm³/mol. The van der Waals surface area contributed by atoms with E-state index in [1.807, 2.05) is 74.0 Å². The van der Waals surface area contributed by atoms with Gasteiger partial charge in [-0.15, -0.1) is 11.3 Å². The quantitative estimate of drug-likeness (QED) is 0.355. The van der Waals surface area contributed by atoms with Crippen LogP contribution in [-0.4, -0.2) is 38.4 Å². The number of hydrogen-bond acceptors (Lipinski definition) is 6. The molecule has 0 aliphatic carbocycles. The van der Waals surface area contributed by atoms with E-state index in [-0.39, 0.29) is 17.3 Å². The van der Waals surface area contributed by atoms with Gasteiger partial charge < -0.3 is 14.6 Å². The summed E-state index contributed by atoms with van der Waals surface area (Å²) >= 11 is 1.49. The van der Waals surface area contributed by atoms with Crippen LogP contribution >= 0.6 is 11.3 Å². The summed E-state index contributed by atoms with van der Waals surface area (Å²) in [4.78, 5) is 33.7. The molecule has 9 heteroatoms. The molecule has 1 unspecified atom stereocenters. The number of aromatic nitrogens is 4. The second-order valence-electron chi connectivity index (χ2n) is 9.85. The van der Waals surface area contributed by atoms with Gasteiger partial charge in [0.25, 0.3) is 5.56 Å². The molecule has 0 spiro atoms. The van der Waals surface area contributed by atoms with E-state index in [1.165, 1.54) is 15.9 Å². The fraction of sp³-hybridized carbons (Fsp3) is 0.276. The Hall–Kier alpha value is -3.95. The van der Waals surface area contributed by atoms with Gasteiger partial charge in [0.2, 0.25) is 0 Å². The number of benzene rings is 2. The van der Waals surface area contributed by atoms with Gasteiger partial charge >= 0.3 is 5.69 Å². The van der Waals surface area contributed by atoms with Gasteiger partial charge in [0, 0.05) is 23.7 Å². The normalized spacial score (nSPS) is 15.1. The summed E-state index contributed by atoms with van der Waals surface area (Å²) < 4.78 is 10.8. The van der Waals surface area contributed by atoms with Crippen LogP contribution in [0.15, 0.2) is 64.6 Å². The molecule has 2 aromatic carbocycles. The first-order chi connectivity index (χ1) is 18.4. The van der Waals surface area contributed by atoms with Gasteiger partial charge in [-0.1, -0.05) is 23.8 Å². The van der Waals surface area contributed by atoms with Crippen LogP contribution in [-0.2, 0) is 6.54 Å². The average molecular weight is 528 g/mol. The first-order valence-corrected chi connectivity index (χ1v) is 13.5. The third kappa shape index (κ3) is 3.99. The van der Waals surface area contributed by atoms with E-state index in [9.17, 15) is 9.59 Å². The maximum absolute atomic E-state index is 13.9. The van der Waals surface area contributed by atoms with E-state index in [1.54, 1.807) is 18.0 Å². The van der Waals surface area contributed by atoms with Crippen LogP contribution in [0.3, 0.4) is 0 Å². The summed E-state index contributed by atoms with van der Waals surface area (Å²) in [5.74, 6) is 0.699. The molecule has 1 aliphatic rings. The second-order valence-corrected chi connectivity index (χ2v) is 10.9. The number of hydrogen-bond donors (Lipinski definition) is 1. The molecule has 5 aromatic rings. The lowest BCUT2D eigenvalue weighted by atomic mass is 10.1. The molecule has 38 heavy (non-hydrogen) atoms. The number of thiophene rings is 1. The first kappa shape index (κ1) is 24.4. The standard InChI is InChI=1S/C29H29N5O3S/c1-17-5-8-22(9-6-17)34-27(35)25-19(3)26(38-28(25)33(29(34)36)15-21-11-12-30-21)20-7-10-23(24(13-20)37-4)32-14-18(2)31-16-32/h5-10,13-14,16,21,30H,11-12,15H2,1-4H3. The Labute approximate surface area is 223 Å². The molecule has 1 N–H and O–H groups in total. The van der Waals surface area contributed by atoms with Crippen molar-refractivity contribution < 1.29 is 4.74 Å². The van der Waals surface area contributed by atoms with Crippen molar-refractivity contribution in [2.75, 3.05) is 13.7 Å². The Morgan fingerprint density at radius 1 is 1.11 bits per heavy atom. The van der Waals surface area contributed by atoms with E-state index >= 15 is 0 Å². The second kappa shape index (κ2) is 9.41. The van der Waals surface area contributed by atoms with Gasteiger partial charge in [0.05, 0.1) is 35.9 Å².